The standard InChI is InChI=1S/C7H17NO7S/c9-4-7(12,5-10)3-8-1-6(11)2-16(13,14)15/h6,8-12H,1-5H2,(H,13,14,15). The van der Waals surface area contributed by atoms with Gasteiger partial charge in [0.15, 0.2) is 0 Å². The molecule has 0 aliphatic heterocycles. The van der Waals surface area contributed by atoms with Crippen molar-refractivity contribution in [1.29, 1.82) is 0 Å². The second kappa shape index (κ2) is 6.45. The zero-order valence-corrected chi connectivity index (χ0v) is 9.39. The maximum atomic E-state index is 10.4. The van der Waals surface area contributed by atoms with Crippen molar-refractivity contribution in [2.75, 3.05) is 32.1 Å². The predicted molar refractivity (Wildman–Crippen MR) is 54.4 cm³/mol. The Kier molecular flexibility index (Phi) is 6.33. The molecule has 0 radical (unpaired) electrons. The van der Waals surface area contributed by atoms with Gasteiger partial charge in [0.05, 0.1) is 19.3 Å². The molecule has 98 valence electrons. The zero-order valence-electron chi connectivity index (χ0n) is 8.57. The van der Waals surface area contributed by atoms with Gasteiger partial charge in [0, 0.05) is 13.1 Å². The molecule has 0 aromatic carbocycles. The van der Waals surface area contributed by atoms with Crippen LogP contribution < -0.4 is 5.32 Å². The first-order valence-corrected chi connectivity index (χ1v) is 6.11. The van der Waals surface area contributed by atoms with Gasteiger partial charge in [0.25, 0.3) is 10.1 Å². The Morgan fingerprint density at radius 1 is 1.25 bits per heavy atom. The van der Waals surface area contributed by atoms with Gasteiger partial charge >= 0.3 is 0 Å². The lowest BCUT2D eigenvalue weighted by atomic mass is 10.1. The molecule has 0 amide bonds. The van der Waals surface area contributed by atoms with Crippen molar-refractivity contribution in [1.82, 2.24) is 5.32 Å². The summed E-state index contributed by atoms with van der Waals surface area (Å²) in [7, 11) is -4.25. The van der Waals surface area contributed by atoms with Gasteiger partial charge in [-0.15, -0.1) is 0 Å². The van der Waals surface area contributed by atoms with Crippen LogP contribution in [0.5, 0.6) is 0 Å². The first-order valence-electron chi connectivity index (χ1n) is 4.50. The third kappa shape index (κ3) is 7.06. The second-order valence-corrected chi connectivity index (χ2v) is 5.07. The van der Waals surface area contributed by atoms with Gasteiger partial charge in [-0.25, -0.2) is 0 Å². The van der Waals surface area contributed by atoms with Crippen LogP contribution in [-0.2, 0) is 10.1 Å². The largest absolute Gasteiger partial charge is 0.393 e. The molecule has 9 heteroatoms. The summed E-state index contributed by atoms with van der Waals surface area (Å²) in [5.74, 6) is -0.823. The van der Waals surface area contributed by atoms with Gasteiger partial charge in [-0.3, -0.25) is 4.55 Å². The first-order chi connectivity index (χ1) is 7.22. The van der Waals surface area contributed by atoms with Crippen molar-refractivity contribution in [3.63, 3.8) is 0 Å². The molecule has 0 aliphatic rings. The third-order valence-electron chi connectivity index (χ3n) is 1.83. The quantitative estimate of drug-likeness (QED) is 0.246. The van der Waals surface area contributed by atoms with Gasteiger partial charge < -0.3 is 25.7 Å². The summed E-state index contributed by atoms with van der Waals surface area (Å²) in [5, 5.41) is 38.3. The summed E-state index contributed by atoms with van der Waals surface area (Å²) in [4.78, 5) is 0. The van der Waals surface area contributed by atoms with Gasteiger partial charge in [-0.2, -0.15) is 8.42 Å². The van der Waals surface area contributed by atoms with Gasteiger partial charge in [-0.1, -0.05) is 0 Å². The maximum absolute atomic E-state index is 10.4. The molecule has 8 nitrogen and oxygen atoms in total. The number of aliphatic hydroxyl groups excluding tert-OH is 3. The van der Waals surface area contributed by atoms with Crippen LogP contribution in [0.1, 0.15) is 0 Å². The van der Waals surface area contributed by atoms with E-state index in [0.29, 0.717) is 0 Å². The molecule has 0 aromatic rings. The number of hydrogen-bond donors (Lipinski definition) is 6. The van der Waals surface area contributed by atoms with E-state index in [-0.39, 0.29) is 13.1 Å². The van der Waals surface area contributed by atoms with Crippen LogP contribution in [0.3, 0.4) is 0 Å². The lowest BCUT2D eigenvalue weighted by Crippen LogP contribution is -2.48. The number of nitrogens with one attached hydrogen (secondary N) is 1. The van der Waals surface area contributed by atoms with Crippen LogP contribution in [0.25, 0.3) is 0 Å². The Hall–Kier alpha value is -0.290. The van der Waals surface area contributed by atoms with Crippen molar-refractivity contribution in [3.05, 3.63) is 0 Å². The highest BCUT2D eigenvalue weighted by molar-refractivity contribution is 7.85. The van der Waals surface area contributed by atoms with Crippen LogP contribution in [0, 0.1) is 0 Å². The maximum Gasteiger partial charge on any atom is 0.267 e. The highest BCUT2D eigenvalue weighted by atomic mass is 32.2. The van der Waals surface area contributed by atoms with Crippen LogP contribution in [0.15, 0.2) is 0 Å². The van der Waals surface area contributed by atoms with Gasteiger partial charge in [0.2, 0.25) is 0 Å². The summed E-state index contributed by atoms with van der Waals surface area (Å²) in [6.45, 7) is -1.78. The minimum absolute atomic E-state index is 0.206. The molecule has 0 fully saturated rings. The summed E-state index contributed by atoms with van der Waals surface area (Å²) in [6.07, 6.45) is -1.34. The molecule has 0 heterocycles. The van der Waals surface area contributed by atoms with Crippen molar-refractivity contribution in [3.8, 4) is 0 Å². The Labute approximate surface area is 93.3 Å². The van der Waals surface area contributed by atoms with E-state index in [1.165, 1.54) is 0 Å². The SMILES string of the molecule is O=S(=O)(O)CC(O)CNCC(O)(CO)CO. The number of rotatable bonds is 8. The molecular formula is C7H17NO7S. The lowest BCUT2D eigenvalue weighted by molar-refractivity contribution is -0.0537. The monoisotopic (exact) mass is 259 g/mol. The molecule has 16 heavy (non-hydrogen) atoms. The van der Waals surface area contributed by atoms with E-state index in [1.807, 2.05) is 0 Å². The van der Waals surface area contributed by atoms with E-state index in [4.69, 9.17) is 19.9 Å². The average molecular weight is 259 g/mol. The summed E-state index contributed by atoms with van der Waals surface area (Å²) in [5.41, 5.74) is -1.72. The van der Waals surface area contributed by atoms with E-state index in [0.717, 1.165) is 0 Å². The number of hydrogen-bond acceptors (Lipinski definition) is 7. The summed E-state index contributed by atoms with van der Waals surface area (Å²) >= 11 is 0. The first kappa shape index (κ1) is 15.7. The highest BCUT2D eigenvalue weighted by Gasteiger charge is 2.25. The highest BCUT2D eigenvalue weighted by Crippen LogP contribution is 1.99. The molecule has 0 spiro atoms. The summed E-state index contributed by atoms with van der Waals surface area (Å²) < 4.78 is 29.1. The third-order valence-corrected chi connectivity index (χ3v) is 2.63. The lowest BCUT2D eigenvalue weighted by Gasteiger charge is -2.24. The minimum Gasteiger partial charge on any atom is -0.393 e. The van der Waals surface area contributed by atoms with Gasteiger partial charge in [0.1, 0.15) is 11.4 Å². The van der Waals surface area contributed by atoms with Crippen LogP contribution in [-0.4, -0.2) is 77.2 Å². The molecule has 0 aromatic heterocycles. The molecule has 0 bridgehead atoms. The molecule has 1 atom stereocenters. The summed E-state index contributed by atoms with van der Waals surface area (Å²) in [6, 6.07) is 0. The van der Waals surface area contributed by atoms with Gasteiger partial charge in [-0.05, 0) is 0 Å². The topological polar surface area (TPSA) is 147 Å². The van der Waals surface area contributed by atoms with Crippen molar-refractivity contribution in [2.24, 2.45) is 0 Å². The van der Waals surface area contributed by atoms with Crippen LogP contribution in [0.2, 0.25) is 0 Å². The molecule has 0 saturated carbocycles. The van der Waals surface area contributed by atoms with E-state index >= 15 is 0 Å². The predicted octanol–water partition coefficient (Wildman–Crippen LogP) is -3.46. The minimum atomic E-state index is -4.25. The molecule has 6 N–H and O–H groups in total. The fourth-order valence-electron chi connectivity index (χ4n) is 0.935. The smallest absolute Gasteiger partial charge is 0.267 e. The van der Waals surface area contributed by atoms with Crippen LogP contribution >= 0.6 is 0 Å². The van der Waals surface area contributed by atoms with Crippen molar-refractivity contribution >= 4 is 10.1 Å². The fourth-order valence-corrected chi connectivity index (χ4v) is 1.54. The van der Waals surface area contributed by atoms with Crippen LogP contribution in [0.4, 0.5) is 0 Å². The van der Waals surface area contributed by atoms with Crippen molar-refractivity contribution in [2.45, 2.75) is 11.7 Å². The van der Waals surface area contributed by atoms with E-state index in [2.05, 4.69) is 5.32 Å². The second-order valence-electron chi connectivity index (χ2n) is 3.57. The molecular weight excluding hydrogens is 242 g/mol. The normalized spacial score (nSPS) is 15.1. The Balaban J connectivity index is 3.90. The Morgan fingerprint density at radius 2 is 1.75 bits per heavy atom. The molecule has 0 rings (SSSR count). The molecule has 0 saturated heterocycles. The number of aliphatic hydroxyl groups is 4. The van der Waals surface area contributed by atoms with Crippen molar-refractivity contribution < 1.29 is 33.4 Å². The Bertz CT molecular complexity index is 287. The van der Waals surface area contributed by atoms with E-state index in [1.54, 1.807) is 0 Å². The van der Waals surface area contributed by atoms with E-state index in [9.17, 15) is 13.5 Å². The van der Waals surface area contributed by atoms with E-state index < -0.39 is 40.8 Å². The Morgan fingerprint density at radius 3 is 2.12 bits per heavy atom. The molecule has 0 aliphatic carbocycles. The molecule has 1 unspecified atom stereocenters. The zero-order chi connectivity index (χ0) is 12.8. The fraction of sp³-hybridized carbons (Fsp3) is 1.00. The average Bonchev–Trinajstić information content (AvgIpc) is 2.14.